The van der Waals surface area contributed by atoms with E-state index in [4.69, 9.17) is 0 Å². The molecular formula is C14H18FN3. The molecule has 0 unspecified atom stereocenters. The van der Waals surface area contributed by atoms with E-state index in [1.54, 1.807) is 0 Å². The van der Waals surface area contributed by atoms with Crippen molar-refractivity contribution in [3.8, 4) is 0 Å². The number of nitrogens with one attached hydrogen (secondary N) is 1. The topological polar surface area (TPSA) is 29.9 Å². The first kappa shape index (κ1) is 12.8. The van der Waals surface area contributed by atoms with Crippen LogP contribution in [-0.4, -0.2) is 22.9 Å². The molecule has 4 heteroatoms. The SMILES string of the molecule is Cn1nccc1CCNCCc1ccc(F)cc1. The number of aromatic nitrogens is 2. The van der Waals surface area contributed by atoms with Crippen molar-refractivity contribution >= 4 is 0 Å². The largest absolute Gasteiger partial charge is 0.316 e. The summed E-state index contributed by atoms with van der Waals surface area (Å²) < 4.78 is 14.6. The lowest BCUT2D eigenvalue weighted by Crippen LogP contribution is -2.21. The van der Waals surface area contributed by atoms with Gasteiger partial charge in [-0.1, -0.05) is 12.1 Å². The number of rotatable bonds is 6. The van der Waals surface area contributed by atoms with Crippen molar-refractivity contribution < 1.29 is 4.39 Å². The lowest BCUT2D eigenvalue weighted by atomic mass is 10.1. The molecule has 2 aromatic rings. The Morgan fingerprint density at radius 3 is 2.50 bits per heavy atom. The minimum absolute atomic E-state index is 0.178. The van der Waals surface area contributed by atoms with E-state index in [1.807, 2.05) is 36.1 Å². The normalized spacial score (nSPS) is 10.8. The van der Waals surface area contributed by atoms with Crippen LogP contribution >= 0.6 is 0 Å². The Morgan fingerprint density at radius 1 is 1.11 bits per heavy atom. The van der Waals surface area contributed by atoms with Crippen LogP contribution in [0.15, 0.2) is 36.5 Å². The first-order valence-corrected chi connectivity index (χ1v) is 6.18. The maximum atomic E-state index is 12.7. The molecule has 2 rings (SSSR count). The molecule has 0 bridgehead atoms. The van der Waals surface area contributed by atoms with E-state index in [2.05, 4.69) is 10.4 Å². The molecule has 0 aliphatic rings. The first-order valence-electron chi connectivity index (χ1n) is 6.18. The molecule has 18 heavy (non-hydrogen) atoms. The number of nitrogens with zero attached hydrogens (tertiary/aromatic N) is 2. The Kier molecular flexibility index (Phi) is 4.47. The maximum Gasteiger partial charge on any atom is 0.123 e. The van der Waals surface area contributed by atoms with Crippen molar-refractivity contribution in [2.24, 2.45) is 7.05 Å². The minimum atomic E-state index is -0.178. The first-order chi connectivity index (χ1) is 8.75. The highest BCUT2D eigenvalue weighted by Gasteiger charge is 1.98. The van der Waals surface area contributed by atoms with Crippen LogP contribution in [0.1, 0.15) is 11.3 Å². The van der Waals surface area contributed by atoms with Gasteiger partial charge in [0, 0.05) is 31.9 Å². The molecule has 1 N–H and O–H groups in total. The molecular weight excluding hydrogens is 229 g/mol. The molecule has 0 fully saturated rings. The van der Waals surface area contributed by atoms with Crippen LogP contribution in [-0.2, 0) is 19.9 Å². The third kappa shape index (κ3) is 3.67. The molecule has 1 heterocycles. The summed E-state index contributed by atoms with van der Waals surface area (Å²) in [7, 11) is 1.95. The van der Waals surface area contributed by atoms with E-state index in [0.717, 1.165) is 31.5 Å². The fourth-order valence-corrected chi connectivity index (χ4v) is 1.87. The van der Waals surface area contributed by atoms with Crippen LogP contribution in [0.2, 0.25) is 0 Å². The number of halogens is 1. The monoisotopic (exact) mass is 247 g/mol. The van der Waals surface area contributed by atoms with Gasteiger partial charge in [-0.2, -0.15) is 5.10 Å². The van der Waals surface area contributed by atoms with Gasteiger partial charge >= 0.3 is 0 Å². The van der Waals surface area contributed by atoms with E-state index in [-0.39, 0.29) is 5.82 Å². The van der Waals surface area contributed by atoms with Gasteiger partial charge in [-0.15, -0.1) is 0 Å². The van der Waals surface area contributed by atoms with E-state index >= 15 is 0 Å². The van der Waals surface area contributed by atoms with E-state index < -0.39 is 0 Å². The zero-order valence-electron chi connectivity index (χ0n) is 10.6. The molecule has 0 spiro atoms. The second kappa shape index (κ2) is 6.31. The zero-order chi connectivity index (χ0) is 12.8. The Morgan fingerprint density at radius 2 is 1.83 bits per heavy atom. The minimum Gasteiger partial charge on any atom is -0.316 e. The lowest BCUT2D eigenvalue weighted by molar-refractivity contribution is 0.624. The van der Waals surface area contributed by atoms with Crippen molar-refractivity contribution in [2.45, 2.75) is 12.8 Å². The molecule has 0 saturated carbocycles. The predicted octanol–water partition coefficient (Wildman–Crippen LogP) is 1.93. The smallest absolute Gasteiger partial charge is 0.123 e. The predicted molar refractivity (Wildman–Crippen MR) is 69.9 cm³/mol. The van der Waals surface area contributed by atoms with Crippen LogP contribution in [0.3, 0.4) is 0 Å². The average molecular weight is 247 g/mol. The quantitative estimate of drug-likeness (QED) is 0.791. The van der Waals surface area contributed by atoms with Gasteiger partial charge in [0.1, 0.15) is 5.82 Å². The summed E-state index contributed by atoms with van der Waals surface area (Å²) in [6.45, 7) is 1.84. The summed E-state index contributed by atoms with van der Waals surface area (Å²) in [5, 5.41) is 7.50. The van der Waals surface area contributed by atoms with Gasteiger partial charge in [-0.05, 0) is 36.7 Å². The Labute approximate surface area is 107 Å². The third-order valence-corrected chi connectivity index (χ3v) is 2.98. The molecule has 0 saturated heterocycles. The molecule has 3 nitrogen and oxygen atoms in total. The number of benzene rings is 1. The summed E-state index contributed by atoms with van der Waals surface area (Å²) >= 11 is 0. The molecule has 0 radical (unpaired) electrons. The molecule has 0 aliphatic carbocycles. The second-order valence-corrected chi connectivity index (χ2v) is 4.32. The standard InChI is InChI=1S/C14H18FN3/c1-18-14(8-11-17-18)7-10-16-9-6-12-2-4-13(15)5-3-12/h2-5,8,11,16H,6-7,9-10H2,1H3. The summed E-state index contributed by atoms with van der Waals surface area (Å²) in [4.78, 5) is 0. The molecule has 1 aromatic heterocycles. The number of hydrogen-bond donors (Lipinski definition) is 1. The zero-order valence-corrected chi connectivity index (χ0v) is 10.6. The van der Waals surface area contributed by atoms with Crippen LogP contribution in [0.5, 0.6) is 0 Å². The lowest BCUT2D eigenvalue weighted by Gasteiger charge is -2.05. The van der Waals surface area contributed by atoms with Crippen LogP contribution < -0.4 is 5.32 Å². The van der Waals surface area contributed by atoms with Gasteiger partial charge in [0.15, 0.2) is 0 Å². The highest BCUT2D eigenvalue weighted by molar-refractivity contribution is 5.16. The van der Waals surface area contributed by atoms with Crippen LogP contribution in [0.25, 0.3) is 0 Å². The molecule has 0 amide bonds. The fourth-order valence-electron chi connectivity index (χ4n) is 1.87. The molecule has 1 aromatic carbocycles. The maximum absolute atomic E-state index is 12.7. The van der Waals surface area contributed by atoms with Crippen LogP contribution in [0.4, 0.5) is 4.39 Å². The molecule has 96 valence electrons. The van der Waals surface area contributed by atoms with Gasteiger partial charge in [-0.25, -0.2) is 4.39 Å². The van der Waals surface area contributed by atoms with E-state index in [9.17, 15) is 4.39 Å². The van der Waals surface area contributed by atoms with Crippen molar-refractivity contribution in [1.29, 1.82) is 0 Å². The van der Waals surface area contributed by atoms with Gasteiger partial charge in [0.25, 0.3) is 0 Å². The Balaban J connectivity index is 1.64. The van der Waals surface area contributed by atoms with E-state index in [1.165, 1.54) is 17.8 Å². The highest BCUT2D eigenvalue weighted by Crippen LogP contribution is 2.02. The summed E-state index contributed by atoms with van der Waals surface area (Å²) in [5.74, 6) is -0.178. The Bertz CT molecular complexity index is 476. The van der Waals surface area contributed by atoms with E-state index in [0.29, 0.717) is 0 Å². The van der Waals surface area contributed by atoms with Crippen molar-refractivity contribution in [3.05, 3.63) is 53.6 Å². The Hall–Kier alpha value is -1.68. The fraction of sp³-hybridized carbons (Fsp3) is 0.357. The van der Waals surface area contributed by atoms with Crippen molar-refractivity contribution in [3.63, 3.8) is 0 Å². The number of aryl methyl sites for hydroxylation is 1. The number of hydrogen-bond acceptors (Lipinski definition) is 2. The van der Waals surface area contributed by atoms with Crippen molar-refractivity contribution in [2.75, 3.05) is 13.1 Å². The highest BCUT2D eigenvalue weighted by atomic mass is 19.1. The van der Waals surface area contributed by atoms with Gasteiger partial charge < -0.3 is 5.32 Å². The average Bonchev–Trinajstić information content (AvgIpc) is 2.77. The summed E-state index contributed by atoms with van der Waals surface area (Å²) in [5.41, 5.74) is 2.38. The summed E-state index contributed by atoms with van der Waals surface area (Å²) in [6.07, 6.45) is 3.71. The summed E-state index contributed by atoms with van der Waals surface area (Å²) in [6, 6.07) is 8.70. The third-order valence-electron chi connectivity index (χ3n) is 2.98. The van der Waals surface area contributed by atoms with Gasteiger partial charge in [-0.3, -0.25) is 4.68 Å². The van der Waals surface area contributed by atoms with Crippen LogP contribution in [0, 0.1) is 5.82 Å². The van der Waals surface area contributed by atoms with Crippen molar-refractivity contribution in [1.82, 2.24) is 15.1 Å². The molecule has 0 aliphatic heterocycles. The van der Waals surface area contributed by atoms with Gasteiger partial charge in [0.05, 0.1) is 0 Å². The molecule has 0 atom stereocenters. The second-order valence-electron chi connectivity index (χ2n) is 4.32. The van der Waals surface area contributed by atoms with Gasteiger partial charge in [0.2, 0.25) is 0 Å².